The highest BCUT2D eigenvalue weighted by molar-refractivity contribution is 6.30. The molecule has 2 aromatic rings. The van der Waals surface area contributed by atoms with Gasteiger partial charge in [0, 0.05) is 17.0 Å². The van der Waals surface area contributed by atoms with Crippen molar-refractivity contribution in [1.29, 1.82) is 0 Å². The van der Waals surface area contributed by atoms with E-state index in [-0.39, 0.29) is 0 Å². The topological polar surface area (TPSA) is 25.2 Å². The van der Waals surface area contributed by atoms with Crippen LogP contribution >= 0.6 is 11.6 Å². The molecule has 1 aliphatic rings. The molecule has 0 saturated heterocycles. The Morgan fingerprint density at radius 3 is 2.57 bits per heavy atom. The maximum atomic E-state index is 5.95. The second-order valence-corrected chi connectivity index (χ2v) is 6.45. The molecule has 1 fully saturated rings. The predicted molar refractivity (Wildman–Crippen MR) is 86.6 cm³/mol. The molecule has 3 heteroatoms. The van der Waals surface area contributed by atoms with Crippen molar-refractivity contribution in [3.05, 3.63) is 58.5 Å². The lowest BCUT2D eigenvalue weighted by molar-refractivity contribution is 0.419. The minimum Gasteiger partial charge on any atom is -0.464 e. The van der Waals surface area contributed by atoms with E-state index in [0.717, 1.165) is 35.4 Å². The number of furan rings is 1. The second-order valence-electron chi connectivity index (χ2n) is 6.02. The molecule has 0 amide bonds. The summed E-state index contributed by atoms with van der Waals surface area (Å²) < 4.78 is 5.94. The summed E-state index contributed by atoms with van der Waals surface area (Å²) in [6.07, 6.45) is 2.30. The summed E-state index contributed by atoms with van der Waals surface area (Å²) in [7, 11) is 0. The van der Waals surface area contributed by atoms with Gasteiger partial charge < -0.3 is 9.73 Å². The molecule has 112 valence electrons. The number of hydrogen-bond acceptors (Lipinski definition) is 2. The van der Waals surface area contributed by atoms with Crippen LogP contribution in [0.4, 0.5) is 0 Å². The molecule has 3 atom stereocenters. The monoisotopic (exact) mass is 303 g/mol. The first-order valence-corrected chi connectivity index (χ1v) is 8.12. The first-order valence-electron chi connectivity index (χ1n) is 7.74. The largest absolute Gasteiger partial charge is 0.464 e. The summed E-state index contributed by atoms with van der Waals surface area (Å²) in [5, 5.41) is 4.35. The van der Waals surface area contributed by atoms with Crippen LogP contribution in [-0.4, -0.2) is 0 Å². The standard InChI is InChI=1S/C18H22ClNO/c1-3-17(13-4-6-14(19)7-5-13)20-11-15-8-9-18(21-15)16-10-12(16)2/h4-9,12,16-17,20H,3,10-11H2,1-2H3. The van der Waals surface area contributed by atoms with Crippen molar-refractivity contribution >= 4 is 11.6 Å². The number of benzene rings is 1. The summed E-state index contributed by atoms with van der Waals surface area (Å²) in [5.74, 6) is 3.61. The SMILES string of the molecule is CCC(NCc1ccc(C2CC2C)o1)c1ccc(Cl)cc1. The van der Waals surface area contributed by atoms with Gasteiger partial charge in [-0.25, -0.2) is 0 Å². The highest BCUT2D eigenvalue weighted by atomic mass is 35.5. The van der Waals surface area contributed by atoms with Crippen LogP contribution in [0, 0.1) is 5.92 Å². The summed E-state index contributed by atoms with van der Waals surface area (Å²) in [6, 6.07) is 12.6. The van der Waals surface area contributed by atoms with E-state index in [4.69, 9.17) is 16.0 Å². The fourth-order valence-electron chi connectivity index (χ4n) is 2.82. The van der Waals surface area contributed by atoms with Gasteiger partial charge in [0.25, 0.3) is 0 Å². The molecule has 0 spiro atoms. The zero-order chi connectivity index (χ0) is 14.8. The Balaban J connectivity index is 1.59. The smallest absolute Gasteiger partial charge is 0.117 e. The van der Waals surface area contributed by atoms with Gasteiger partial charge in [-0.3, -0.25) is 0 Å². The molecule has 0 radical (unpaired) electrons. The van der Waals surface area contributed by atoms with Gasteiger partial charge in [0.05, 0.1) is 6.54 Å². The minimum atomic E-state index is 0.329. The zero-order valence-electron chi connectivity index (χ0n) is 12.6. The van der Waals surface area contributed by atoms with E-state index in [1.807, 2.05) is 12.1 Å². The molecular weight excluding hydrogens is 282 g/mol. The Bertz CT molecular complexity index is 590. The quantitative estimate of drug-likeness (QED) is 0.783. The van der Waals surface area contributed by atoms with Crippen molar-refractivity contribution in [3.8, 4) is 0 Å². The predicted octanol–water partition coefficient (Wildman–Crippen LogP) is 5.30. The van der Waals surface area contributed by atoms with Crippen molar-refractivity contribution in [2.75, 3.05) is 0 Å². The Labute approximate surface area is 131 Å². The number of hydrogen-bond donors (Lipinski definition) is 1. The molecule has 1 saturated carbocycles. The maximum absolute atomic E-state index is 5.95. The van der Waals surface area contributed by atoms with E-state index in [0.29, 0.717) is 12.0 Å². The molecule has 1 aromatic heterocycles. The van der Waals surface area contributed by atoms with Gasteiger partial charge in [-0.1, -0.05) is 37.6 Å². The highest BCUT2D eigenvalue weighted by Gasteiger charge is 2.36. The van der Waals surface area contributed by atoms with E-state index in [9.17, 15) is 0 Å². The van der Waals surface area contributed by atoms with Crippen LogP contribution in [0.15, 0.2) is 40.8 Å². The fourth-order valence-corrected chi connectivity index (χ4v) is 2.95. The van der Waals surface area contributed by atoms with Crippen molar-refractivity contribution < 1.29 is 4.42 Å². The van der Waals surface area contributed by atoms with Crippen molar-refractivity contribution in [2.24, 2.45) is 5.92 Å². The third kappa shape index (κ3) is 3.50. The Kier molecular flexibility index (Phi) is 4.37. The molecular formula is C18H22ClNO. The first kappa shape index (κ1) is 14.7. The van der Waals surface area contributed by atoms with Gasteiger partial charge in [-0.2, -0.15) is 0 Å². The van der Waals surface area contributed by atoms with Crippen LogP contribution in [0.1, 0.15) is 55.7 Å². The normalized spacial score (nSPS) is 22.2. The molecule has 21 heavy (non-hydrogen) atoms. The molecule has 0 aliphatic heterocycles. The van der Waals surface area contributed by atoms with Gasteiger partial charge in [-0.15, -0.1) is 0 Å². The fraction of sp³-hybridized carbons (Fsp3) is 0.444. The number of halogens is 1. The molecule has 3 rings (SSSR count). The lowest BCUT2D eigenvalue weighted by Gasteiger charge is -2.16. The summed E-state index contributed by atoms with van der Waals surface area (Å²) in [4.78, 5) is 0. The van der Waals surface area contributed by atoms with Crippen LogP contribution in [0.5, 0.6) is 0 Å². The lowest BCUT2D eigenvalue weighted by Crippen LogP contribution is -2.19. The summed E-state index contributed by atoms with van der Waals surface area (Å²) >= 11 is 5.95. The van der Waals surface area contributed by atoms with Gasteiger partial charge in [0.15, 0.2) is 0 Å². The van der Waals surface area contributed by atoms with E-state index in [1.54, 1.807) is 0 Å². The van der Waals surface area contributed by atoms with Crippen molar-refractivity contribution in [1.82, 2.24) is 5.32 Å². The Morgan fingerprint density at radius 1 is 1.24 bits per heavy atom. The van der Waals surface area contributed by atoms with Gasteiger partial charge in [-0.05, 0) is 48.6 Å². The van der Waals surface area contributed by atoms with E-state index in [1.165, 1.54) is 12.0 Å². The van der Waals surface area contributed by atoms with E-state index in [2.05, 4.69) is 43.4 Å². The first-order chi connectivity index (χ1) is 10.2. The van der Waals surface area contributed by atoms with Gasteiger partial charge >= 0.3 is 0 Å². The lowest BCUT2D eigenvalue weighted by atomic mass is 10.0. The van der Waals surface area contributed by atoms with E-state index >= 15 is 0 Å². The highest BCUT2D eigenvalue weighted by Crippen LogP contribution is 2.47. The molecule has 1 N–H and O–H groups in total. The van der Waals surface area contributed by atoms with E-state index < -0.39 is 0 Å². The third-order valence-electron chi connectivity index (χ3n) is 4.36. The maximum Gasteiger partial charge on any atom is 0.117 e. The molecule has 1 aliphatic carbocycles. The molecule has 0 bridgehead atoms. The van der Waals surface area contributed by atoms with Crippen molar-refractivity contribution in [3.63, 3.8) is 0 Å². The number of rotatable bonds is 6. The average molecular weight is 304 g/mol. The molecule has 1 heterocycles. The van der Waals surface area contributed by atoms with Crippen LogP contribution in [0.3, 0.4) is 0 Å². The van der Waals surface area contributed by atoms with Crippen LogP contribution < -0.4 is 5.32 Å². The second kappa shape index (κ2) is 6.25. The number of nitrogens with one attached hydrogen (secondary N) is 1. The molecule has 2 nitrogen and oxygen atoms in total. The molecule has 3 unspecified atom stereocenters. The van der Waals surface area contributed by atoms with Crippen LogP contribution in [-0.2, 0) is 6.54 Å². The minimum absolute atomic E-state index is 0.329. The van der Waals surface area contributed by atoms with Gasteiger partial charge in [0.1, 0.15) is 11.5 Å². The Hall–Kier alpha value is -1.25. The van der Waals surface area contributed by atoms with Crippen LogP contribution in [0.25, 0.3) is 0 Å². The van der Waals surface area contributed by atoms with Crippen molar-refractivity contribution in [2.45, 2.75) is 45.2 Å². The van der Waals surface area contributed by atoms with Crippen LogP contribution in [0.2, 0.25) is 5.02 Å². The zero-order valence-corrected chi connectivity index (χ0v) is 13.4. The molecule has 1 aromatic carbocycles. The summed E-state index contributed by atoms with van der Waals surface area (Å²) in [5.41, 5.74) is 1.27. The van der Waals surface area contributed by atoms with Gasteiger partial charge in [0.2, 0.25) is 0 Å². The third-order valence-corrected chi connectivity index (χ3v) is 4.61. The average Bonchev–Trinajstić information content (AvgIpc) is 3.03. The Morgan fingerprint density at radius 2 is 1.95 bits per heavy atom. The summed E-state index contributed by atoms with van der Waals surface area (Å²) in [6.45, 7) is 5.23.